The van der Waals surface area contributed by atoms with Crippen LogP contribution in [0.25, 0.3) is 0 Å². The first kappa shape index (κ1) is 13.6. The van der Waals surface area contributed by atoms with Crippen LogP contribution in [0.4, 0.5) is 0 Å². The van der Waals surface area contributed by atoms with E-state index in [1.165, 1.54) is 6.07 Å². The Morgan fingerprint density at radius 1 is 0.941 bits per heavy atom. The first-order valence-electron chi connectivity index (χ1n) is 5.30. The smallest absolute Gasteiger partial charge is 0.336 e. The predicted octanol–water partition coefficient (Wildman–Crippen LogP) is -0.780. The minimum atomic E-state index is -1.03. The fourth-order valence-electron chi connectivity index (χ4n) is 1.99. The maximum Gasteiger partial charge on any atom is 0.336 e. The summed E-state index contributed by atoms with van der Waals surface area (Å²) in [5.74, 6) is -1.03. The predicted molar refractivity (Wildman–Crippen MR) is 65.0 cm³/mol. The number of hydrogen-bond acceptors (Lipinski definition) is 5. The van der Waals surface area contributed by atoms with Gasteiger partial charge in [0.1, 0.15) is 0 Å². The van der Waals surface area contributed by atoms with Crippen molar-refractivity contribution in [1.82, 2.24) is 0 Å². The molecule has 0 saturated carbocycles. The second-order valence-corrected chi connectivity index (χ2v) is 3.64. The van der Waals surface area contributed by atoms with Gasteiger partial charge in [0.2, 0.25) is 0 Å². The lowest BCUT2D eigenvalue weighted by molar-refractivity contribution is 0.0695. The molecular weight excluding hydrogens is 220 g/mol. The average molecular weight is 238 g/mol. The summed E-state index contributed by atoms with van der Waals surface area (Å²) in [5.41, 5.74) is 25.4. The third kappa shape index (κ3) is 2.45. The van der Waals surface area contributed by atoms with E-state index in [1.54, 1.807) is 0 Å². The summed E-state index contributed by atoms with van der Waals surface area (Å²) in [5, 5.41) is 9.13. The number of rotatable bonds is 5. The largest absolute Gasteiger partial charge is 0.478 e. The van der Waals surface area contributed by atoms with E-state index >= 15 is 0 Å². The van der Waals surface area contributed by atoms with Crippen molar-refractivity contribution >= 4 is 5.97 Å². The first-order chi connectivity index (χ1) is 8.10. The number of carbonyl (C=O) groups is 1. The highest BCUT2D eigenvalue weighted by Gasteiger charge is 2.18. The van der Waals surface area contributed by atoms with Crippen LogP contribution in [-0.4, -0.2) is 11.1 Å². The molecule has 0 heterocycles. The van der Waals surface area contributed by atoms with E-state index in [4.69, 9.17) is 28.0 Å². The standard InChI is InChI=1S/C11H18N4O2/c12-2-6-1-7(11(16)17)9(4-14)10(5-15)8(6)3-13/h1H,2-5,12-15H2,(H,16,17). The Kier molecular flexibility index (Phi) is 4.59. The molecule has 1 aromatic rings. The Morgan fingerprint density at radius 2 is 1.47 bits per heavy atom. The van der Waals surface area contributed by atoms with Gasteiger partial charge in [-0.1, -0.05) is 0 Å². The molecule has 0 atom stereocenters. The van der Waals surface area contributed by atoms with E-state index in [0.29, 0.717) is 16.7 Å². The lowest BCUT2D eigenvalue weighted by atomic mass is 9.91. The second-order valence-electron chi connectivity index (χ2n) is 3.64. The SMILES string of the molecule is NCc1cc(C(=O)O)c(CN)c(CN)c1CN. The van der Waals surface area contributed by atoms with Gasteiger partial charge in [0, 0.05) is 26.2 Å². The van der Waals surface area contributed by atoms with E-state index in [0.717, 1.165) is 5.56 Å². The van der Waals surface area contributed by atoms with Crippen molar-refractivity contribution < 1.29 is 9.90 Å². The van der Waals surface area contributed by atoms with E-state index in [9.17, 15) is 4.79 Å². The van der Waals surface area contributed by atoms with E-state index in [1.807, 2.05) is 0 Å². The molecule has 6 heteroatoms. The Bertz CT molecular complexity index is 432. The molecule has 0 aliphatic rings. The van der Waals surface area contributed by atoms with Gasteiger partial charge in [0.15, 0.2) is 0 Å². The monoisotopic (exact) mass is 238 g/mol. The maximum atomic E-state index is 11.1. The molecule has 0 bridgehead atoms. The highest BCUT2D eigenvalue weighted by atomic mass is 16.4. The zero-order valence-corrected chi connectivity index (χ0v) is 9.57. The second kappa shape index (κ2) is 5.74. The third-order valence-corrected chi connectivity index (χ3v) is 2.82. The molecule has 17 heavy (non-hydrogen) atoms. The van der Waals surface area contributed by atoms with Crippen LogP contribution in [0.3, 0.4) is 0 Å². The quantitative estimate of drug-likeness (QED) is 0.455. The Balaban J connectivity index is 3.60. The zero-order valence-electron chi connectivity index (χ0n) is 9.57. The molecule has 1 aromatic carbocycles. The molecule has 9 N–H and O–H groups in total. The minimum absolute atomic E-state index is 0.117. The Labute approximate surface area is 99.6 Å². The topological polar surface area (TPSA) is 141 Å². The van der Waals surface area contributed by atoms with Crippen molar-refractivity contribution in [3.63, 3.8) is 0 Å². The van der Waals surface area contributed by atoms with Crippen LogP contribution in [0.15, 0.2) is 6.07 Å². The van der Waals surface area contributed by atoms with Crippen LogP contribution < -0.4 is 22.9 Å². The summed E-state index contributed by atoms with van der Waals surface area (Å²) in [6, 6.07) is 1.53. The van der Waals surface area contributed by atoms with Gasteiger partial charge < -0.3 is 28.0 Å². The lowest BCUT2D eigenvalue weighted by Crippen LogP contribution is -2.19. The Morgan fingerprint density at radius 3 is 1.82 bits per heavy atom. The van der Waals surface area contributed by atoms with Crippen LogP contribution in [0.5, 0.6) is 0 Å². The molecular formula is C11H18N4O2. The van der Waals surface area contributed by atoms with Gasteiger partial charge in [-0.3, -0.25) is 0 Å². The fraction of sp³-hybridized carbons (Fsp3) is 0.364. The van der Waals surface area contributed by atoms with Crippen molar-refractivity contribution in [1.29, 1.82) is 0 Å². The number of hydrogen-bond donors (Lipinski definition) is 5. The van der Waals surface area contributed by atoms with Crippen LogP contribution in [0.1, 0.15) is 32.6 Å². The molecule has 1 rings (SSSR count). The van der Waals surface area contributed by atoms with Crippen molar-refractivity contribution in [3.05, 3.63) is 33.9 Å². The normalized spacial score (nSPS) is 10.6. The van der Waals surface area contributed by atoms with Gasteiger partial charge in [-0.25, -0.2) is 4.79 Å². The van der Waals surface area contributed by atoms with E-state index in [2.05, 4.69) is 0 Å². The molecule has 0 spiro atoms. The highest BCUT2D eigenvalue weighted by molar-refractivity contribution is 5.90. The molecule has 0 aliphatic carbocycles. The van der Waals surface area contributed by atoms with Gasteiger partial charge >= 0.3 is 5.97 Å². The average Bonchev–Trinajstić information content (AvgIpc) is 2.35. The van der Waals surface area contributed by atoms with Gasteiger partial charge in [0.25, 0.3) is 0 Å². The minimum Gasteiger partial charge on any atom is -0.478 e. The lowest BCUT2D eigenvalue weighted by Gasteiger charge is -2.18. The fourth-order valence-corrected chi connectivity index (χ4v) is 1.99. The van der Waals surface area contributed by atoms with Gasteiger partial charge in [-0.05, 0) is 28.3 Å². The third-order valence-electron chi connectivity index (χ3n) is 2.82. The molecule has 0 radical (unpaired) electrons. The van der Waals surface area contributed by atoms with Crippen LogP contribution in [0.2, 0.25) is 0 Å². The van der Waals surface area contributed by atoms with Crippen LogP contribution in [0, 0.1) is 0 Å². The molecule has 0 unspecified atom stereocenters. The van der Waals surface area contributed by atoms with Crippen molar-refractivity contribution in [2.45, 2.75) is 26.2 Å². The molecule has 0 aromatic heterocycles. The molecule has 0 aliphatic heterocycles. The Hall–Kier alpha value is -1.47. The van der Waals surface area contributed by atoms with Gasteiger partial charge in [0.05, 0.1) is 5.56 Å². The summed E-state index contributed by atoms with van der Waals surface area (Å²) in [6.45, 7) is 0.815. The number of benzene rings is 1. The zero-order chi connectivity index (χ0) is 13.0. The summed E-state index contributed by atoms with van der Waals surface area (Å²) in [4.78, 5) is 11.1. The van der Waals surface area contributed by atoms with Crippen molar-refractivity contribution in [2.75, 3.05) is 0 Å². The molecule has 0 fully saturated rings. The summed E-state index contributed by atoms with van der Waals surface area (Å²) >= 11 is 0. The van der Waals surface area contributed by atoms with E-state index < -0.39 is 5.97 Å². The van der Waals surface area contributed by atoms with Gasteiger partial charge in [-0.2, -0.15) is 0 Å². The molecule has 0 amide bonds. The molecule has 0 saturated heterocycles. The van der Waals surface area contributed by atoms with Gasteiger partial charge in [-0.15, -0.1) is 0 Å². The molecule has 6 nitrogen and oxygen atoms in total. The highest BCUT2D eigenvalue weighted by Crippen LogP contribution is 2.23. The summed E-state index contributed by atoms with van der Waals surface area (Å²) in [7, 11) is 0. The number of carboxylic acid groups (broad SMARTS) is 1. The van der Waals surface area contributed by atoms with Crippen LogP contribution >= 0.6 is 0 Å². The summed E-state index contributed by atoms with van der Waals surface area (Å²) < 4.78 is 0. The van der Waals surface area contributed by atoms with Crippen molar-refractivity contribution in [2.24, 2.45) is 22.9 Å². The number of nitrogens with two attached hydrogens (primary N) is 4. The van der Waals surface area contributed by atoms with E-state index in [-0.39, 0.29) is 31.7 Å². The number of carboxylic acids is 1. The molecule has 94 valence electrons. The maximum absolute atomic E-state index is 11.1. The number of aromatic carboxylic acids is 1. The van der Waals surface area contributed by atoms with Crippen molar-refractivity contribution in [3.8, 4) is 0 Å². The van der Waals surface area contributed by atoms with Crippen LogP contribution in [-0.2, 0) is 26.2 Å². The summed E-state index contributed by atoms with van der Waals surface area (Å²) in [6.07, 6.45) is 0. The first-order valence-corrected chi connectivity index (χ1v) is 5.30.